The summed E-state index contributed by atoms with van der Waals surface area (Å²) in [5.74, 6) is 5.82. The van der Waals surface area contributed by atoms with Gasteiger partial charge in [0.25, 0.3) is 0 Å². The molecule has 0 bridgehead atoms. The highest BCUT2D eigenvalue weighted by Crippen LogP contribution is 2.17. The molecule has 27 heavy (non-hydrogen) atoms. The highest BCUT2D eigenvalue weighted by atomic mass is 19.1. The van der Waals surface area contributed by atoms with E-state index in [0.29, 0.717) is 36.6 Å². The molecule has 142 valence electrons. The minimum absolute atomic E-state index is 0.235. The summed E-state index contributed by atoms with van der Waals surface area (Å²) in [7, 11) is 0. The van der Waals surface area contributed by atoms with Crippen molar-refractivity contribution < 1.29 is 18.7 Å². The number of carbonyl (C=O) groups is 1. The maximum atomic E-state index is 13.3. The second-order valence-electron chi connectivity index (χ2n) is 7.15. The molecule has 1 aromatic heterocycles. The fraction of sp³-hybridized carbons (Fsp3) is 0.364. The van der Waals surface area contributed by atoms with Gasteiger partial charge in [0.05, 0.1) is 18.6 Å². The van der Waals surface area contributed by atoms with Crippen LogP contribution in [0.15, 0.2) is 36.4 Å². The number of esters is 1. The Morgan fingerprint density at radius 2 is 1.93 bits per heavy atom. The molecule has 0 saturated carbocycles. The molecule has 4 nitrogen and oxygen atoms in total. The van der Waals surface area contributed by atoms with Crippen molar-refractivity contribution in [1.29, 1.82) is 0 Å². The van der Waals surface area contributed by atoms with E-state index in [1.807, 2.05) is 33.8 Å². The third-order valence-corrected chi connectivity index (χ3v) is 3.54. The summed E-state index contributed by atoms with van der Waals surface area (Å²) in [6.07, 6.45) is 0.562. The van der Waals surface area contributed by atoms with Gasteiger partial charge in [-0.25, -0.2) is 9.37 Å². The molecule has 1 heterocycles. The van der Waals surface area contributed by atoms with Crippen molar-refractivity contribution >= 4 is 5.97 Å². The zero-order valence-corrected chi connectivity index (χ0v) is 16.1. The minimum Gasteiger partial charge on any atom is -0.490 e. The Bertz CT molecular complexity index is 860. The van der Waals surface area contributed by atoms with Gasteiger partial charge < -0.3 is 9.47 Å². The first kappa shape index (κ1) is 20.4. The molecule has 0 aliphatic heterocycles. The van der Waals surface area contributed by atoms with Gasteiger partial charge in [0.15, 0.2) is 11.4 Å². The lowest BCUT2D eigenvalue weighted by molar-refractivity contribution is -0.153. The van der Waals surface area contributed by atoms with Crippen molar-refractivity contribution in [3.05, 3.63) is 59.2 Å². The van der Waals surface area contributed by atoms with E-state index in [1.54, 1.807) is 18.2 Å². The zero-order valence-electron chi connectivity index (χ0n) is 16.1. The number of rotatable bonds is 5. The van der Waals surface area contributed by atoms with Crippen LogP contribution in [-0.2, 0) is 9.53 Å². The van der Waals surface area contributed by atoms with Crippen LogP contribution in [-0.4, -0.2) is 24.2 Å². The number of aromatic nitrogens is 1. The Kier molecular flexibility index (Phi) is 6.95. The standard InChI is InChI=1S/C22H24FNO3/c1-16-9-12-20(26-13-6-14-27-21(25)22(2,3)4)19(24-16)11-10-17-7-5-8-18(23)15-17/h5,7-9,12,15H,6,13-14H2,1-4H3. The lowest BCUT2D eigenvalue weighted by atomic mass is 9.97. The number of carbonyl (C=O) groups excluding carboxylic acids is 1. The van der Waals surface area contributed by atoms with Crippen LogP contribution in [0.25, 0.3) is 0 Å². The maximum absolute atomic E-state index is 13.3. The van der Waals surface area contributed by atoms with Crippen LogP contribution < -0.4 is 4.74 Å². The first-order valence-electron chi connectivity index (χ1n) is 8.81. The van der Waals surface area contributed by atoms with Crippen LogP contribution in [0, 0.1) is 30.0 Å². The summed E-state index contributed by atoms with van der Waals surface area (Å²) in [6, 6.07) is 9.72. The van der Waals surface area contributed by atoms with E-state index in [0.717, 1.165) is 5.69 Å². The number of hydrogen-bond acceptors (Lipinski definition) is 4. The third kappa shape index (κ3) is 6.74. The predicted molar refractivity (Wildman–Crippen MR) is 102 cm³/mol. The lowest BCUT2D eigenvalue weighted by Gasteiger charge is -2.16. The maximum Gasteiger partial charge on any atom is 0.311 e. The molecule has 0 atom stereocenters. The number of hydrogen-bond donors (Lipinski definition) is 0. The molecular weight excluding hydrogens is 345 g/mol. The molecule has 5 heteroatoms. The van der Waals surface area contributed by atoms with E-state index < -0.39 is 5.41 Å². The van der Waals surface area contributed by atoms with Crippen LogP contribution in [0.2, 0.25) is 0 Å². The molecule has 0 fully saturated rings. The molecule has 0 N–H and O–H groups in total. The minimum atomic E-state index is -0.512. The van der Waals surface area contributed by atoms with Gasteiger partial charge in [-0.2, -0.15) is 0 Å². The van der Waals surface area contributed by atoms with Gasteiger partial charge in [-0.3, -0.25) is 4.79 Å². The van der Waals surface area contributed by atoms with Gasteiger partial charge in [-0.1, -0.05) is 12.0 Å². The molecule has 0 spiro atoms. The molecule has 1 aromatic carbocycles. The van der Waals surface area contributed by atoms with Crippen molar-refractivity contribution in [3.63, 3.8) is 0 Å². The van der Waals surface area contributed by atoms with Crippen molar-refractivity contribution in [2.24, 2.45) is 5.41 Å². The van der Waals surface area contributed by atoms with E-state index in [1.165, 1.54) is 12.1 Å². The second-order valence-corrected chi connectivity index (χ2v) is 7.15. The number of nitrogens with zero attached hydrogens (tertiary/aromatic N) is 1. The van der Waals surface area contributed by atoms with Gasteiger partial charge in [-0.15, -0.1) is 0 Å². The van der Waals surface area contributed by atoms with Gasteiger partial charge in [0, 0.05) is 17.7 Å². The normalized spacial score (nSPS) is 10.7. The Labute approximate surface area is 159 Å². The van der Waals surface area contributed by atoms with E-state index in [9.17, 15) is 9.18 Å². The van der Waals surface area contributed by atoms with E-state index in [2.05, 4.69) is 16.8 Å². The second kappa shape index (κ2) is 9.18. The molecule has 0 radical (unpaired) electrons. The fourth-order valence-corrected chi connectivity index (χ4v) is 2.07. The molecule has 0 amide bonds. The highest BCUT2D eigenvalue weighted by Gasteiger charge is 2.22. The summed E-state index contributed by atoms with van der Waals surface area (Å²) < 4.78 is 24.2. The number of pyridine rings is 1. The summed E-state index contributed by atoms with van der Waals surface area (Å²) >= 11 is 0. The zero-order chi connectivity index (χ0) is 19.9. The van der Waals surface area contributed by atoms with Gasteiger partial charge >= 0.3 is 5.97 Å². The summed E-state index contributed by atoms with van der Waals surface area (Å²) in [6.45, 7) is 7.97. The van der Waals surface area contributed by atoms with Crippen molar-refractivity contribution in [2.45, 2.75) is 34.1 Å². The molecule has 2 aromatic rings. The highest BCUT2D eigenvalue weighted by molar-refractivity contribution is 5.75. The molecule has 2 rings (SSSR count). The topological polar surface area (TPSA) is 48.4 Å². The Balaban J connectivity index is 1.97. The van der Waals surface area contributed by atoms with Crippen LogP contribution in [0.3, 0.4) is 0 Å². The summed E-state index contributed by atoms with van der Waals surface area (Å²) in [5, 5.41) is 0. The SMILES string of the molecule is Cc1ccc(OCCCOC(=O)C(C)(C)C)c(C#Cc2cccc(F)c2)n1. The van der Waals surface area contributed by atoms with E-state index >= 15 is 0 Å². The number of aryl methyl sites for hydroxylation is 1. The summed E-state index contributed by atoms with van der Waals surface area (Å²) in [4.78, 5) is 16.1. The number of benzene rings is 1. The smallest absolute Gasteiger partial charge is 0.311 e. The quantitative estimate of drug-likeness (QED) is 0.448. The first-order valence-corrected chi connectivity index (χ1v) is 8.81. The van der Waals surface area contributed by atoms with Crippen molar-refractivity contribution in [2.75, 3.05) is 13.2 Å². The Morgan fingerprint density at radius 1 is 1.15 bits per heavy atom. The predicted octanol–water partition coefficient (Wildman–Crippen LogP) is 4.29. The van der Waals surface area contributed by atoms with Crippen molar-refractivity contribution in [1.82, 2.24) is 4.98 Å². The summed E-state index contributed by atoms with van der Waals surface area (Å²) in [5.41, 5.74) is 1.36. The monoisotopic (exact) mass is 369 g/mol. The Morgan fingerprint density at radius 3 is 2.63 bits per heavy atom. The fourth-order valence-electron chi connectivity index (χ4n) is 2.07. The largest absolute Gasteiger partial charge is 0.490 e. The number of ether oxygens (including phenoxy) is 2. The van der Waals surface area contributed by atoms with Gasteiger partial charge in [-0.05, 0) is 63.9 Å². The molecule has 0 saturated heterocycles. The molecule has 0 aliphatic carbocycles. The first-order chi connectivity index (χ1) is 12.8. The van der Waals surface area contributed by atoms with E-state index in [-0.39, 0.29) is 11.8 Å². The molecule has 0 aliphatic rings. The molecule has 0 unspecified atom stereocenters. The average molecular weight is 369 g/mol. The third-order valence-electron chi connectivity index (χ3n) is 3.54. The Hall–Kier alpha value is -2.87. The average Bonchev–Trinajstić information content (AvgIpc) is 2.60. The number of halogens is 1. The van der Waals surface area contributed by atoms with Crippen LogP contribution in [0.4, 0.5) is 4.39 Å². The van der Waals surface area contributed by atoms with Crippen molar-refractivity contribution in [3.8, 4) is 17.6 Å². The molecular formula is C22H24FNO3. The van der Waals surface area contributed by atoms with Crippen LogP contribution in [0.1, 0.15) is 44.1 Å². The lowest BCUT2D eigenvalue weighted by Crippen LogP contribution is -2.23. The van der Waals surface area contributed by atoms with E-state index in [4.69, 9.17) is 9.47 Å². The van der Waals surface area contributed by atoms with Crippen LogP contribution in [0.5, 0.6) is 5.75 Å². The van der Waals surface area contributed by atoms with Gasteiger partial charge in [0.2, 0.25) is 0 Å². The van der Waals surface area contributed by atoms with Crippen LogP contribution >= 0.6 is 0 Å². The van der Waals surface area contributed by atoms with Gasteiger partial charge in [0.1, 0.15) is 5.82 Å².